The van der Waals surface area contributed by atoms with Crippen LogP contribution in [0.5, 0.6) is 0 Å². The molecule has 6 nitrogen and oxygen atoms in total. The van der Waals surface area contributed by atoms with Crippen molar-refractivity contribution in [2.45, 2.75) is 31.4 Å². The monoisotopic (exact) mass is 309 g/mol. The molecule has 1 aliphatic heterocycles. The van der Waals surface area contributed by atoms with Crippen molar-refractivity contribution in [2.24, 2.45) is 0 Å². The molecule has 2 atom stereocenters. The van der Waals surface area contributed by atoms with E-state index in [0.717, 1.165) is 18.9 Å². The van der Waals surface area contributed by atoms with Gasteiger partial charge in [0.15, 0.2) is 11.3 Å². The first-order chi connectivity index (χ1) is 10.1. The minimum absolute atomic E-state index is 0.153. The number of ether oxygens (including phenoxy) is 2. The molecule has 0 amide bonds. The van der Waals surface area contributed by atoms with E-state index < -0.39 is 5.97 Å². The highest BCUT2D eigenvalue weighted by molar-refractivity contribution is 6.20. The zero-order valence-corrected chi connectivity index (χ0v) is 12.6. The highest BCUT2D eigenvalue weighted by atomic mass is 35.5. The maximum absolute atomic E-state index is 11.6. The van der Waals surface area contributed by atoms with Gasteiger partial charge in [0.2, 0.25) is 0 Å². The molecule has 3 rings (SSSR count). The van der Waals surface area contributed by atoms with Crippen LogP contribution >= 0.6 is 11.6 Å². The molecular formula is C14H16ClN3O3. The van der Waals surface area contributed by atoms with Crippen LogP contribution in [0.1, 0.15) is 35.0 Å². The van der Waals surface area contributed by atoms with Crippen LogP contribution in [0.3, 0.4) is 0 Å². The number of methoxy groups -OCH3 is 1. The molecule has 0 bridgehead atoms. The molecule has 112 valence electrons. The number of carbonyl (C=O) groups is 1. The van der Waals surface area contributed by atoms with Crippen LogP contribution in [-0.4, -0.2) is 40.3 Å². The summed E-state index contributed by atoms with van der Waals surface area (Å²) in [5, 5.41) is -0.249. The topological polar surface area (TPSA) is 66.2 Å². The number of nitrogens with zero attached hydrogens (tertiary/aromatic N) is 3. The minimum atomic E-state index is -0.468. The third-order valence-electron chi connectivity index (χ3n) is 3.55. The van der Waals surface area contributed by atoms with Crippen LogP contribution in [-0.2, 0) is 16.0 Å². The van der Waals surface area contributed by atoms with Gasteiger partial charge >= 0.3 is 5.97 Å². The van der Waals surface area contributed by atoms with E-state index in [-0.39, 0.29) is 17.2 Å². The molecule has 0 aliphatic carbocycles. The van der Waals surface area contributed by atoms with Gasteiger partial charge in [-0.15, -0.1) is 11.6 Å². The summed E-state index contributed by atoms with van der Waals surface area (Å²) in [6, 6.07) is 3.36. The number of carbonyl (C=O) groups excluding carboxylic acids is 1. The molecule has 2 aromatic rings. The van der Waals surface area contributed by atoms with Crippen molar-refractivity contribution in [1.82, 2.24) is 14.5 Å². The van der Waals surface area contributed by atoms with Gasteiger partial charge in [-0.3, -0.25) is 0 Å². The molecule has 0 radical (unpaired) electrons. The first-order valence-electron chi connectivity index (χ1n) is 6.81. The zero-order valence-electron chi connectivity index (χ0n) is 11.9. The molecule has 2 aromatic heterocycles. The van der Waals surface area contributed by atoms with Crippen LogP contribution in [0, 0.1) is 0 Å². The third-order valence-corrected chi connectivity index (χ3v) is 3.75. The van der Waals surface area contributed by atoms with Crippen LogP contribution < -0.4 is 0 Å². The molecule has 1 fully saturated rings. The number of aromatic nitrogens is 3. The van der Waals surface area contributed by atoms with Crippen molar-refractivity contribution in [3.05, 3.63) is 23.7 Å². The number of hydrogen-bond donors (Lipinski definition) is 0. The fourth-order valence-corrected chi connectivity index (χ4v) is 2.52. The highest BCUT2D eigenvalue weighted by Crippen LogP contribution is 2.26. The maximum Gasteiger partial charge on any atom is 0.356 e. The van der Waals surface area contributed by atoms with Crippen molar-refractivity contribution < 1.29 is 14.3 Å². The van der Waals surface area contributed by atoms with Crippen LogP contribution in [0.15, 0.2) is 12.1 Å². The SMILES string of the molecule is COC(=O)c1ccc2nc(C(C)Cl)n(CC3CCO3)c2n1. The molecule has 0 spiro atoms. The van der Waals surface area contributed by atoms with Crippen molar-refractivity contribution in [3.63, 3.8) is 0 Å². The Morgan fingerprint density at radius 2 is 2.33 bits per heavy atom. The Morgan fingerprint density at radius 3 is 2.90 bits per heavy atom. The molecule has 1 saturated heterocycles. The van der Waals surface area contributed by atoms with Gasteiger partial charge in [-0.1, -0.05) is 0 Å². The Kier molecular flexibility index (Phi) is 3.82. The molecule has 7 heteroatoms. The van der Waals surface area contributed by atoms with Crippen molar-refractivity contribution in [1.29, 1.82) is 0 Å². The maximum atomic E-state index is 11.6. The number of esters is 1. The first-order valence-corrected chi connectivity index (χ1v) is 7.25. The Hall–Kier alpha value is -1.66. The van der Waals surface area contributed by atoms with E-state index in [0.29, 0.717) is 17.7 Å². The van der Waals surface area contributed by atoms with E-state index in [1.165, 1.54) is 7.11 Å². The summed E-state index contributed by atoms with van der Waals surface area (Å²) in [5.74, 6) is 0.265. The van der Waals surface area contributed by atoms with E-state index in [4.69, 9.17) is 21.1 Å². The van der Waals surface area contributed by atoms with E-state index in [1.807, 2.05) is 11.5 Å². The molecule has 21 heavy (non-hydrogen) atoms. The summed E-state index contributed by atoms with van der Waals surface area (Å²) in [6.45, 7) is 3.28. The van der Waals surface area contributed by atoms with Gasteiger partial charge in [0, 0.05) is 6.61 Å². The molecule has 0 saturated carbocycles. The predicted molar refractivity (Wildman–Crippen MR) is 77.5 cm³/mol. The first kappa shape index (κ1) is 14.3. The molecule has 0 N–H and O–H groups in total. The highest BCUT2D eigenvalue weighted by Gasteiger charge is 2.24. The van der Waals surface area contributed by atoms with Gasteiger partial charge in [-0.2, -0.15) is 0 Å². The van der Waals surface area contributed by atoms with Gasteiger partial charge in [0.25, 0.3) is 0 Å². The molecule has 3 heterocycles. The fourth-order valence-electron chi connectivity index (χ4n) is 2.35. The molecule has 1 aliphatic rings. The lowest BCUT2D eigenvalue weighted by molar-refractivity contribution is -0.0590. The number of fused-ring (bicyclic) bond motifs is 1. The number of pyridine rings is 1. The summed E-state index contributed by atoms with van der Waals surface area (Å²) in [6.07, 6.45) is 1.16. The largest absolute Gasteiger partial charge is 0.464 e. The number of rotatable bonds is 4. The van der Waals surface area contributed by atoms with E-state index >= 15 is 0 Å². The van der Waals surface area contributed by atoms with E-state index in [2.05, 4.69) is 9.97 Å². The lowest BCUT2D eigenvalue weighted by atomic mass is 10.2. The minimum Gasteiger partial charge on any atom is -0.464 e. The van der Waals surface area contributed by atoms with Gasteiger partial charge in [-0.25, -0.2) is 14.8 Å². The second kappa shape index (κ2) is 5.61. The summed E-state index contributed by atoms with van der Waals surface area (Å²) < 4.78 is 12.1. The van der Waals surface area contributed by atoms with Crippen LogP contribution in [0.4, 0.5) is 0 Å². The third kappa shape index (κ3) is 2.61. The quantitative estimate of drug-likeness (QED) is 0.640. The summed E-state index contributed by atoms with van der Waals surface area (Å²) in [4.78, 5) is 20.5. The lowest BCUT2D eigenvalue weighted by Gasteiger charge is -2.27. The summed E-state index contributed by atoms with van der Waals surface area (Å²) >= 11 is 6.21. The van der Waals surface area contributed by atoms with Crippen molar-refractivity contribution in [2.75, 3.05) is 13.7 Å². The Bertz CT molecular complexity index is 679. The second-order valence-corrected chi connectivity index (χ2v) is 5.66. The van der Waals surface area contributed by atoms with Gasteiger partial charge in [0.05, 0.1) is 25.1 Å². The van der Waals surface area contributed by atoms with Crippen molar-refractivity contribution in [3.8, 4) is 0 Å². The molecule has 2 unspecified atom stereocenters. The van der Waals surface area contributed by atoms with Crippen molar-refractivity contribution >= 4 is 28.7 Å². The molecule has 0 aromatic carbocycles. The number of alkyl halides is 1. The summed E-state index contributed by atoms with van der Waals surface area (Å²) in [5.41, 5.74) is 1.61. The standard InChI is InChI=1S/C14H16ClN3O3/c1-8(15)12-16-10-3-4-11(14(19)20-2)17-13(10)18(12)7-9-5-6-21-9/h3-4,8-9H,5-7H2,1-2H3. The van der Waals surface area contributed by atoms with E-state index in [1.54, 1.807) is 12.1 Å². The van der Waals surface area contributed by atoms with Gasteiger partial charge < -0.3 is 14.0 Å². The number of halogens is 1. The Labute approximate surface area is 127 Å². The normalized spacial score (nSPS) is 19.3. The smallest absolute Gasteiger partial charge is 0.356 e. The van der Waals surface area contributed by atoms with Gasteiger partial charge in [-0.05, 0) is 25.5 Å². The summed E-state index contributed by atoms with van der Waals surface area (Å²) in [7, 11) is 1.33. The second-order valence-electron chi connectivity index (χ2n) is 5.01. The average molecular weight is 310 g/mol. The predicted octanol–water partition coefficient (Wildman–Crippen LogP) is 2.31. The average Bonchev–Trinajstić information content (AvgIpc) is 2.80. The number of imidazole rings is 1. The molecular weight excluding hydrogens is 294 g/mol. The number of hydrogen-bond acceptors (Lipinski definition) is 5. The van der Waals surface area contributed by atoms with E-state index in [9.17, 15) is 4.79 Å². The lowest BCUT2D eigenvalue weighted by Crippen LogP contribution is -2.32. The zero-order chi connectivity index (χ0) is 15.0. The van der Waals surface area contributed by atoms with Gasteiger partial charge in [0.1, 0.15) is 11.3 Å². The Morgan fingerprint density at radius 1 is 1.57 bits per heavy atom. The fraction of sp³-hybridized carbons (Fsp3) is 0.500. The Balaban J connectivity index is 2.08. The van der Waals surface area contributed by atoms with Crippen LogP contribution in [0.2, 0.25) is 0 Å². The van der Waals surface area contributed by atoms with Crippen LogP contribution in [0.25, 0.3) is 11.2 Å².